The average Bonchev–Trinajstić information content (AvgIpc) is 3.05. The van der Waals surface area contributed by atoms with E-state index in [0.717, 1.165) is 11.5 Å². The first-order valence-corrected chi connectivity index (χ1v) is 6.17. The molecule has 0 aliphatic carbocycles. The summed E-state index contributed by atoms with van der Waals surface area (Å²) in [5.74, 6) is 2.04. The molecule has 3 rings (SSSR count). The van der Waals surface area contributed by atoms with Gasteiger partial charge in [-0.15, -0.1) is 0 Å². The van der Waals surface area contributed by atoms with E-state index in [9.17, 15) is 0 Å². The molecule has 0 atom stereocenters. The Balaban J connectivity index is 1.79. The van der Waals surface area contributed by atoms with Gasteiger partial charge in [-0.25, -0.2) is 4.68 Å². The zero-order valence-corrected chi connectivity index (χ0v) is 10.7. The summed E-state index contributed by atoms with van der Waals surface area (Å²) in [6.45, 7) is 0.476. The minimum atomic E-state index is 0.445. The smallest absolute Gasteiger partial charge is 0.184 e. The van der Waals surface area contributed by atoms with Gasteiger partial charge in [0.05, 0.1) is 12.5 Å². The number of halogens is 1. The molecule has 0 unspecified atom stereocenters. The average molecular weight is 275 g/mol. The number of rotatable bonds is 4. The van der Waals surface area contributed by atoms with E-state index in [2.05, 4.69) is 5.10 Å². The first kappa shape index (κ1) is 11.9. The summed E-state index contributed by atoms with van der Waals surface area (Å²) in [5, 5.41) is 4.63. The van der Waals surface area contributed by atoms with Crippen molar-refractivity contribution in [1.82, 2.24) is 9.78 Å². The van der Waals surface area contributed by atoms with Gasteiger partial charge in [0.15, 0.2) is 10.9 Å². The summed E-state index contributed by atoms with van der Waals surface area (Å²) < 4.78 is 12.5. The van der Waals surface area contributed by atoms with Crippen LogP contribution >= 0.6 is 11.6 Å². The van der Waals surface area contributed by atoms with Gasteiger partial charge in [-0.1, -0.05) is 29.8 Å². The van der Waals surface area contributed by atoms with Crippen LogP contribution in [0, 0.1) is 0 Å². The first-order chi connectivity index (χ1) is 9.33. The van der Waals surface area contributed by atoms with Gasteiger partial charge < -0.3 is 9.15 Å². The molecule has 0 aliphatic heterocycles. The number of hydrogen-bond acceptors (Lipinski definition) is 3. The van der Waals surface area contributed by atoms with Crippen molar-refractivity contribution >= 4 is 11.6 Å². The molecule has 19 heavy (non-hydrogen) atoms. The number of benzene rings is 1. The van der Waals surface area contributed by atoms with E-state index in [4.69, 9.17) is 20.8 Å². The second kappa shape index (κ2) is 5.20. The molecule has 4 nitrogen and oxygen atoms in total. The summed E-state index contributed by atoms with van der Waals surface area (Å²) in [4.78, 5) is 0. The number of ether oxygens (including phenoxy) is 1. The van der Waals surface area contributed by atoms with Crippen LogP contribution in [0.1, 0.15) is 5.76 Å². The lowest BCUT2D eigenvalue weighted by Gasteiger charge is -2.04. The van der Waals surface area contributed by atoms with Gasteiger partial charge in [-0.3, -0.25) is 0 Å². The van der Waals surface area contributed by atoms with Gasteiger partial charge in [0.1, 0.15) is 18.1 Å². The van der Waals surface area contributed by atoms with Crippen LogP contribution in [-0.2, 0) is 6.54 Å². The van der Waals surface area contributed by atoms with Crippen molar-refractivity contribution in [3.8, 4) is 11.5 Å². The molecule has 0 N–H and O–H groups in total. The minimum absolute atomic E-state index is 0.445. The molecular formula is C14H11ClN2O2. The van der Waals surface area contributed by atoms with Gasteiger partial charge in [-0.2, -0.15) is 5.10 Å². The predicted molar refractivity (Wildman–Crippen MR) is 71.6 cm³/mol. The lowest BCUT2D eigenvalue weighted by Crippen LogP contribution is -2.00. The fourth-order valence-electron chi connectivity index (χ4n) is 1.70. The van der Waals surface area contributed by atoms with E-state index >= 15 is 0 Å². The molecule has 2 heterocycles. The SMILES string of the molecule is Clc1c(Oc2ccccc2)cnn1Cc1ccco1. The molecule has 0 aliphatic rings. The molecular weight excluding hydrogens is 264 g/mol. The highest BCUT2D eigenvalue weighted by atomic mass is 35.5. The van der Waals surface area contributed by atoms with Crippen LogP contribution in [0.3, 0.4) is 0 Å². The highest BCUT2D eigenvalue weighted by molar-refractivity contribution is 6.31. The van der Waals surface area contributed by atoms with Crippen LogP contribution < -0.4 is 4.74 Å². The lowest BCUT2D eigenvalue weighted by atomic mass is 10.3. The topological polar surface area (TPSA) is 40.2 Å². The maximum Gasteiger partial charge on any atom is 0.184 e. The molecule has 0 spiro atoms. The first-order valence-electron chi connectivity index (χ1n) is 5.79. The van der Waals surface area contributed by atoms with Crippen molar-refractivity contribution in [3.63, 3.8) is 0 Å². The second-order valence-electron chi connectivity index (χ2n) is 3.95. The third kappa shape index (κ3) is 2.63. The van der Waals surface area contributed by atoms with Crippen LogP contribution in [0.2, 0.25) is 5.15 Å². The van der Waals surface area contributed by atoms with Crippen LogP contribution in [-0.4, -0.2) is 9.78 Å². The summed E-state index contributed by atoms with van der Waals surface area (Å²) in [6.07, 6.45) is 3.21. The second-order valence-corrected chi connectivity index (χ2v) is 4.31. The number of hydrogen-bond donors (Lipinski definition) is 0. The molecule has 2 aromatic heterocycles. The Hall–Kier alpha value is -2.20. The number of nitrogens with zero attached hydrogens (tertiary/aromatic N) is 2. The van der Waals surface area contributed by atoms with Crippen LogP contribution in [0.5, 0.6) is 11.5 Å². The molecule has 96 valence electrons. The predicted octanol–water partition coefficient (Wildman–Crippen LogP) is 3.97. The molecule has 0 amide bonds. The van der Waals surface area contributed by atoms with Crippen molar-refractivity contribution in [1.29, 1.82) is 0 Å². The van der Waals surface area contributed by atoms with E-state index in [1.165, 1.54) is 0 Å². The summed E-state index contributed by atoms with van der Waals surface area (Å²) in [5.41, 5.74) is 0. The van der Waals surface area contributed by atoms with Crippen molar-refractivity contribution < 1.29 is 9.15 Å². The van der Waals surface area contributed by atoms with Crippen LogP contribution in [0.25, 0.3) is 0 Å². The van der Waals surface area contributed by atoms with Gasteiger partial charge in [0.25, 0.3) is 0 Å². The minimum Gasteiger partial charge on any atom is -0.467 e. The molecule has 5 heteroatoms. The fourth-order valence-corrected chi connectivity index (χ4v) is 1.89. The normalized spacial score (nSPS) is 10.6. The van der Waals surface area contributed by atoms with Crippen molar-refractivity contribution in [2.75, 3.05) is 0 Å². The zero-order chi connectivity index (χ0) is 13.1. The summed E-state index contributed by atoms with van der Waals surface area (Å²) in [6, 6.07) is 13.1. The van der Waals surface area contributed by atoms with Crippen molar-refractivity contribution in [2.45, 2.75) is 6.54 Å². The number of para-hydroxylation sites is 1. The fraction of sp³-hybridized carbons (Fsp3) is 0.0714. The van der Waals surface area contributed by atoms with Gasteiger partial charge >= 0.3 is 0 Å². The van der Waals surface area contributed by atoms with Gasteiger partial charge in [0.2, 0.25) is 0 Å². The Morgan fingerprint density at radius 1 is 1.16 bits per heavy atom. The molecule has 3 aromatic rings. The lowest BCUT2D eigenvalue weighted by molar-refractivity contribution is 0.472. The monoisotopic (exact) mass is 274 g/mol. The van der Waals surface area contributed by atoms with E-state index in [1.54, 1.807) is 17.1 Å². The Bertz CT molecular complexity index is 647. The molecule has 0 radical (unpaired) electrons. The van der Waals surface area contributed by atoms with E-state index in [-0.39, 0.29) is 0 Å². The summed E-state index contributed by atoms with van der Waals surface area (Å²) >= 11 is 6.22. The standard InChI is InChI=1S/C14H11ClN2O2/c15-14-13(19-11-5-2-1-3-6-11)9-16-17(14)10-12-7-4-8-18-12/h1-9H,10H2. The van der Waals surface area contributed by atoms with Crippen LogP contribution in [0.15, 0.2) is 59.3 Å². The van der Waals surface area contributed by atoms with E-state index in [0.29, 0.717) is 17.4 Å². The highest BCUT2D eigenvalue weighted by Crippen LogP contribution is 2.29. The largest absolute Gasteiger partial charge is 0.467 e. The van der Waals surface area contributed by atoms with E-state index < -0.39 is 0 Å². The maximum absolute atomic E-state index is 6.22. The van der Waals surface area contributed by atoms with Crippen molar-refractivity contribution in [2.24, 2.45) is 0 Å². The Kier molecular flexibility index (Phi) is 3.25. The number of aromatic nitrogens is 2. The molecule has 0 bridgehead atoms. The Morgan fingerprint density at radius 3 is 2.74 bits per heavy atom. The maximum atomic E-state index is 6.22. The molecule has 1 aromatic carbocycles. The highest BCUT2D eigenvalue weighted by Gasteiger charge is 2.11. The zero-order valence-electron chi connectivity index (χ0n) is 9.99. The Morgan fingerprint density at radius 2 is 2.00 bits per heavy atom. The third-order valence-electron chi connectivity index (χ3n) is 2.60. The number of furan rings is 1. The van der Waals surface area contributed by atoms with Crippen molar-refractivity contribution in [3.05, 3.63) is 65.8 Å². The quantitative estimate of drug-likeness (QED) is 0.723. The summed E-state index contributed by atoms with van der Waals surface area (Å²) in [7, 11) is 0. The van der Waals surface area contributed by atoms with Gasteiger partial charge in [0, 0.05) is 0 Å². The molecule has 0 fully saturated rings. The van der Waals surface area contributed by atoms with E-state index in [1.807, 2.05) is 42.5 Å². The Labute approximate surface area is 115 Å². The molecule has 0 saturated carbocycles. The third-order valence-corrected chi connectivity index (χ3v) is 2.98. The van der Waals surface area contributed by atoms with Crippen LogP contribution in [0.4, 0.5) is 0 Å². The van der Waals surface area contributed by atoms with Gasteiger partial charge in [-0.05, 0) is 24.3 Å². The molecule has 0 saturated heterocycles.